The highest BCUT2D eigenvalue weighted by Crippen LogP contribution is 2.33. The van der Waals surface area contributed by atoms with Gasteiger partial charge in [-0.25, -0.2) is 17.8 Å². The highest BCUT2D eigenvalue weighted by Gasteiger charge is 2.34. The number of nitrogens with zero attached hydrogens (tertiary/aromatic N) is 2. The average molecular weight is 869 g/mol. The summed E-state index contributed by atoms with van der Waals surface area (Å²) in [5.74, 6) is 0.785. The predicted molar refractivity (Wildman–Crippen MR) is 247 cm³/mol. The fourth-order valence-corrected chi connectivity index (χ4v) is 8.79. The number of anilines is 4. The number of benzene rings is 4. The van der Waals surface area contributed by atoms with Crippen molar-refractivity contribution in [3.63, 3.8) is 0 Å². The number of hydrogen-bond acceptors (Lipinski definition) is 12. The van der Waals surface area contributed by atoms with Crippen LogP contribution in [-0.2, 0) is 32.9 Å². The summed E-state index contributed by atoms with van der Waals surface area (Å²) in [5, 5.41) is 21.3. The molecule has 63 heavy (non-hydrogen) atoms. The molecule has 0 bridgehead atoms. The number of halogens is 1. The topological polar surface area (TPSA) is 158 Å². The van der Waals surface area contributed by atoms with E-state index in [1.165, 1.54) is 12.3 Å². The first-order valence-corrected chi connectivity index (χ1v) is 23.2. The van der Waals surface area contributed by atoms with Crippen LogP contribution in [0.2, 0.25) is 0 Å². The van der Waals surface area contributed by atoms with Gasteiger partial charge in [-0.05, 0) is 98.4 Å². The lowest BCUT2D eigenvalue weighted by Gasteiger charge is -2.34. The number of hydrogen-bond donors (Lipinski definition) is 6. The van der Waals surface area contributed by atoms with Crippen molar-refractivity contribution in [2.75, 3.05) is 53.7 Å². The third-order valence-corrected chi connectivity index (χ3v) is 12.9. The van der Waals surface area contributed by atoms with E-state index in [2.05, 4.69) is 49.0 Å². The summed E-state index contributed by atoms with van der Waals surface area (Å²) >= 11 is 0. The molecule has 4 atom stereocenters. The fraction of sp³-hybridized carbons (Fsp3) is 0.286. The van der Waals surface area contributed by atoms with E-state index in [4.69, 9.17) is 9.72 Å². The van der Waals surface area contributed by atoms with E-state index in [0.717, 1.165) is 39.4 Å². The molecule has 4 aromatic carbocycles. The molecule has 0 unspecified atom stereocenters. The zero-order chi connectivity index (χ0) is 44.0. The number of nitrogens with one attached hydrogen (secondary N) is 6. The van der Waals surface area contributed by atoms with Crippen LogP contribution in [0, 0.1) is 5.82 Å². The SMILES string of the molecule is CC(C)(C(=O)Oc1ccc2c(n1)N[C@@H]([C@H](NCCc1ccc(S(C)(=O)=O)cc1)c1ccccc1)CN2)c1cccc(CCN[C@H](c2ccccc2F)[C@@H]2CNc3cccnc3N2)c1. The zero-order valence-electron chi connectivity index (χ0n) is 35.6. The summed E-state index contributed by atoms with van der Waals surface area (Å²) in [6.45, 7) is 6.11. The Morgan fingerprint density at radius 3 is 2.17 bits per heavy atom. The van der Waals surface area contributed by atoms with E-state index in [1.807, 2.05) is 98.8 Å². The monoisotopic (exact) mass is 868 g/mol. The van der Waals surface area contributed by atoms with Crippen LogP contribution in [0.1, 0.15) is 53.7 Å². The van der Waals surface area contributed by atoms with Crippen molar-refractivity contribution in [3.8, 4) is 5.88 Å². The van der Waals surface area contributed by atoms with Gasteiger partial charge >= 0.3 is 5.97 Å². The van der Waals surface area contributed by atoms with Gasteiger partial charge in [0.25, 0.3) is 0 Å². The first-order valence-electron chi connectivity index (χ1n) is 21.3. The molecule has 2 aromatic heterocycles. The summed E-state index contributed by atoms with van der Waals surface area (Å²) < 4.78 is 45.1. The van der Waals surface area contributed by atoms with Gasteiger partial charge in [-0.15, -0.1) is 0 Å². The Hall–Kier alpha value is -6.35. The molecule has 2 aliphatic heterocycles. The number of esters is 1. The second kappa shape index (κ2) is 19.0. The lowest BCUT2D eigenvalue weighted by Crippen LogP contribution is -2.45. The molecule has 0 aliphatic carbocycles. The molecule has 4 heterocycles. The Labute approximate surface area is 368 Å². The van der Waals surface area contributed by atoms with E-state index >= 15 is 4.39 Å². The maximum absolute atomic E-state index is 15.2. The van der Waals surface area contributed by atoms with E-state index in [0.29, 0.717) is 55.3 Å². The molecule has 0 amide bonds. The molecule has 2 aliphatic rings. The molecule has 0 radical (unpaired) electrons. The van der Waals surface area contributed by atoms with Crippen LogP contribution in [-0.4, -0.2) is 68.9 Å². The zero-order valence-corrected chi connectivity index (χ0v) is 36.4. The number of aromatic nitrogens is 2. The van der Waals surface area contributed by atoms with Crippen molar-refractivity contribution in [2.45, 2.75) is 61.2 Å². The van der Waals surface area contributed by atoms with Crippen LogP contribution < -0.4 is 36.6 Å². The van der Waals surface area contributed by atoms with Crippen molar-refractivity contribution < 1.29 is 22.3 Å². The molecule has 8 rings (SSSR count). The molecule has 0 saturated heterocycles. The van der Waals surface area contributed by atoms with Crippen LogP contribution in [0.5, 0.6) is 5.88 Å². The van der Waals surface area contributed by atoms with Gasteiger partial charge in [-0.2, -0.15) is 4.98 Å². The van der Waals surface area contributed by atoms with Gasteiger partial charge in [-0.3, -0.25) is 4.79 Å². The maximum atomic E-state index is 15.2. The van der Waals surface area contributed by atoms with Crippen molar-refractivity contribution in [1.29, 1.82) is 0 Å². The Bertz CT molecular complexity index is 2650. The number of rotatable bonds is 16. The summed E-state index contributed by atoms with van der Waals surface area (Å²) in [6.07, 6.45) is 4.29. The van der Waals surface area contributed by atoms with Crippen LogP contribution in [0.4, 0.5) is 27.4 Å². The third kappa shape index (κ3) is 10.3. The molecular weight excluding hydrogens is 816 g/mol. The molecule has 0 saturated carbocycles. The van der Waals surface area contributed by atoms with E-state index < -0.39 is 21.2 Å². The molecule has 326 valence electrons. The highest BCUT2D eigenvalue weighted by molar-refractivity contribution is 7.90. The molecule has 14 heteroatoms. The second-order valence-electron chi connectivity index (χ2n) is 16.6. The Balaban J connectivity index is 0.906. The largest absolute Gasteiger partial charge is 0.407 e. The Morgan fingerprint density at radius 1 is 0.762 bits per heavy atom. The minimum atomic E-state index is -3.26. The quantitative estimate of drug-likeness (QED) is 0.0535. The van der Waals surface area contributed by atoms with E-state index in [1.54, 1.807) is 30.5 Å². The van der Waals surface area contributed by atoms with Gasteiger partial charge in [0.2, 0.25) is 5.88 Å². The summed E-state index contributed by atoms with van der Waals surface area (Å²) in [7, 11) is -3.26. The second-order valence-corrected chi connectivity index (χ2v) is 18.7. The van der Waals surface area contributed by atoms with Crippen molar-refractivity contribution >= 4 is 38.8 Å². The lowest BCUT2D eigenvalue weighted by atomic mass is 9.83. The smallest absolute Gasteiger partial charge is 0.322 e. The van der Waals surface area contributed by atoms with Gasteiger partial charge < -0.3 is 36.6 Å². The highest BCUT2D eigenvalue weighted by atomic mass is 32.2. The predicted octanol–water partition coefficient (Wildman–Crippen LogP) is 7.46. The standard InChI is InChI=1S/C49H53FN8O4S/c1-49(2,35-14-9-11-33(29-35)25-28-52-45(37-15-7-8-16-38(37)50)42-31-54-39-17-10-26-53-46(39)56-42)48(59)62-43-23-22-40-47(58-43)57-41(30-55-40)44(34-12-5-4-6-13-34)51-27-24-32-18-20-36(21-19-32)63(3,60)61/h4-23,26,29,41-42,44-45,51-52,54-55H,24-25,27-28,30-31H2,1-3H3,(H,53,56)(H,57,58)/t41-,42+,44-,45-/m1/s1. The molecular formula is C49H53FN8O4S. The number of fused-ring (bicyclic) bond motifs is 2. The molecule has 0 spiro atoms. The molecule has 12 nitrogen and oxygen atoms in total. The van der Waals surface area contributed by atoms with Crippen molar-refractivity contribution in [3.05, 3.63) is 167 Å². The van der Waals surface area contributed by atoms with Crippen molar-refractivity contribution in [2.24, 2.45) is 0 Å². The minimum Gasteiger partial charge on any atom is -0.407 e. The number of pyridine rings is 2. The van der Waals surface area contributed by atoms with Gasteiger partial charge in [0.15, 0.2) is 15.7 Å². The Kier molecular flexibility index (Phi) is 13.0. The lowest BCUT2D eigenvalue weighted by molar-refractivity contribution is -0.140. The van der Waals surface area contributed by atoms with Crippen LogP contribution in [0.15, 0.2) is 138 Å². The van der Waals surface area contributed by atoms with Crippen molar-refractivity contribution in [1.82, 2.24) is 20.6 Å². The Morgan fingerprint density at radius 2 is 1.43 bits per heavy atom. The van der Waals surface area contributed by atoms with Gasteiger partial charge in [0.05, 0.1) is 45.9 Å². The van der Waals surface area contributed by atoms with Crippen LogP contribution >= 0.6 is 0 Å². The van der Waals surface area contributed by atoms with Crippen LogP contribution in [0.3, 0.4) is 0 Å². The maximum Gasteiger partial charge on any atom is 0.322 e. The first-order chi connectivity index (χ1) is 30.4. The van der Waals surface area contributed by atoms with Gasteiger partial charge in [0.1, 0.15) is 11.6 Å². The molecule has 6 aromatic rings. The van der Waals surface area contributed by atoms with E-state index in [9.17, 15) is 13.2 Å². The normalized spacial score (nSPS) is 16.8. The number of sulfone groups is 1. The van der Waals surface area contributed by atoms with Crippen LogP contribution in [0.25, 0.3) is 0 Å². The number of carbonyl (C=O) groups is 1. The average Bonchev–Trinajstić information content (AvgIpc) is 3.29. The summed E-state index contributed by atoms with van der Waals surface area (Å²) in [5.41, 5.74) is 5.24. The number of carbonyl (C=O) groups excluding carboxylic acids is 1. The van der Waals surface area contributed by atoms with Gasteiger partial charge in [0, 0.05) is 37.2 Å². The summed E-state index contributed by atoms with van der Waals surface area (Å²) in [6, 6.07) is 38.7. The minimum absolute atomic E-state index is 0.0994. The fourth-order valence-electron chi connectivity index (χ4n) is 8.16. The van der Waals surface area contributed by atoms with E-state index in [-0.39, 0.29) is 35.9 Å². The number of ether oxygens (including phenoxy) is 1. The molecule has 0 fully saturated rings. The first kappa shape index (κ1) is 43.3. The molecule has 6 N–H and O–H groups in total. The third-order valence-electron chi connectivity index (χ3n) is 11.8. The summed E-state index contributed by atoms with van der Waals surface area (Å²) in [4.78, 5) is 23.5. The van der Waals surface area contributed by atoms with Gasteiger partial charge in [-0.1, -0.05) is 84.9 Å².